The number of benzene rings is 2. The van der Waals surface area contributed by atoms with E-state index in [-0.39, 0.29) is 24.3 Å². The number of halogens is 7. The summed E-state index contributed by atoms with van der Waals surface area (Å²) in [5.41, 5.74) is -0.846. The average Bonchev–Trinajstić information content (AvgIpc) is 2.93. The van der Waals surface area contributed by atoms with Crippen molar-refractivity contribution in [2.75, 3.05) is 0 Å². The lowest BCUT2D eigenvalue weighted by Crippen LogP contribution is -2.12. The summed E-state index contributed by atoms with van der Waals surface area (Å²) in [4.78, 5) is 0. The van der Waals surface area contributed by atoms with Crippen LogP contribution in [0.1, 0.15) is 40.3 Å². The summed E-state index contributed by atoms with van der Waals surface area (Å²) >= 11 is 3.36. The summed E-state index contributed by atoms with van der Waals surface area (Å²) in [6, 6.07) is 7.13. The lowest BCUT2D eigenvalue weighted by atomic mass is 10.0. The van der Waals surface area contributed by atoms with Crippen molar-refractivity contribution in [3.05, 3.63) is 68.7 Å². The van der Waals surface area contributed by atoms with Gasteiger partial charge in [-0.2, -0.15) is 26.3 Å². The van der Waals surface area contributed by atoms with Crippen LogP contribution in [0.25, 0.3) is 0 Å². The summed E-state index contributed by atoms with van der Waals surface area (Å²) in [7, 11) is 0. The van der Waals surface area contributed by atoms with Crippen LogP contribution in [0.3, 0.4) is 0 Å². The molecule has 0 heterocycles. The van der Waals surface area contributed by atoms with Crippen LogP contribution in [0, 0.1) is 0 Å². The Morgan fingerprint density at radius 3 is 2.12 bits per heavy atom. The Labute approximate surface area is 154 Å². The van der Waals surface area contributed by atoms with Gasteiger partial charge < -0.3 is 4.74 Å². The minimum atomic E-state index is -4.86. The van der Waals surface area contributed by atoms with Gasteiger partial charge in [-0.25, -0.2) is 0 Å². The van der Waals surface area contributed by atoms with Crippen molar-refractivity contribution in [3.63, 3.8) is 0 Å². The van der Waals surface area contributed by atoms with Crippen molar-refractivity contribution >= 4 is 15.9 Å². The lowest BCUT2D eigenvalue weighted by Gasteiger charge is -2.17. The second-order valence-corrected chi connectivity index (χ2v) is 7.01. The van der Waals surface area contributed by atoms with Gasteiger partial charge in [-0.1, -0.05) is 22.0 Å². The van der Waals surface area contributed by atoms with E-state index in [9.17, 15) is 26.3 Å². The molecule has 26 heavy (non-hydrogen) atoms. The van der Waals surface area contributed by atoms with Crippen LogP contribution in [-0.2, 0) is 30.1 Å². The predicted octanol–water partition coefficient (Wildman–Crippen LogP) is 6.69. The number of hydrogen-bond donors (Lipinski definition) is 0. The molecule has 0 radical (unpaired) electrons. The van der Waals surface area contributed by atoms with Crippen LogP contribution in [0.2, 0.25) is 0 Å². The maximum atomic E-state index is 12.9. The van der Waals surface area contributed by atoms with E-state index in [1.807, 2.05) is 18.2 Å². The molecule has 3 rings (SSSR count). The van der Waals surface area contributed by atoms with E-state index < -0.39 is 23.5 Å². The van der Waals surface area contributed by atoms with Gasteiger partial charge in [-0.15, -0.1) is 0 Å². The molecule has 0 aliphatic heterocycles. The highest BCUT2D eigenvalue weighted by atomic mass is 79.9. The molecule has 2 aromatic rings. The molecule has 0 saturated heterocycles. The Morgan fingerprint density at radius 1 is 0.923 bits per heavy atom. The number of hydrogen-bond acceptors (Lipinski definition) is 1. The molecule has 0 bridgehead atoms. The third-order valence-electron chi connectivity index (χ3n) is 4.23. The molecule has 0 amide bonds. The Kier molecular flexibility index (Phi) is 5.09. The molecule has 140 valence electrons. The van der Waals surface area contributed by atoms with Crippen LogP contribution in [0.15, 0.2) is 40.9 Å². The average molecular weight is 439 g/mol. The van der Waals surface area contributed by atoms with Crippen molar-refractivity contribution in [2.24, 2.45) is 0 Å². The first-order chi connectivity index (χ1) is 12.0. The molecule has 0 spiro atoms. The second-order valence-electron chi connectivity index (χ2n) is 6.10. The number of aryl methyl sites for hydroxylation is 1. The van der Waals surface area contributed by atoms with Crippen molar-refractivity contribution < 1.29 is 31.1 Å². The maximum Gasteiger partial charge on any atom is 0.416 e. The molecule has 1 atom stereocenters. The first-order valence-corrected chi connectivity index (χ1v) is 8.51. The predicted molar refractivity (Wildman–Crippen MR) is 86.4 cm³/mol. The van der Waals surface area contributed by atoms with Gasteiger partial charge in [0.2, 0.25) is 0 Å². The minimum absolute atomic E-state index is 0.117. The highest BCUT2D eigenvalue weighted by molar-refractivity contribution is 9.10. The fraction of sp³-hybridized carbons (Fsp3) is 0.333. The van der Waals surface area contributed by atoms with Crippen molar-refractivity contribution in [3.8, 4) is 0 Å². The molecule has 0 fully saturated rings. The first-order valence-electron chi connectivity index (χ1n) is 7.72. The summed E-state index contributed by atoms with van der Waals surface area (Å²) in [5.74, 6) is 0. The van der Waals surface area contributed by atoms with E-state index in [1.54, 1.807) is 0 Å². The van der Waals surface area contributed by atoms with Crippen LogP contribution >= 0.6 is 15.9 Å². The molecule has 1 aliphatic rings. The summed E-state index contributed by atoms with van der Waals surface area (Å²) in [6.45, 7) is -0.326. The van der Waals surface area contributed by atoms with Crippen molar-refractivity contribution in [2.45, 2.75) is 37.9 Å². The molecule has 8 heteroatoms. The summed E-state index contributed by atoms with van der Waals surface area (Å²) in [6.07, 6.45) is -8.68. The van der Waals surface area contributed by atoms with E-state index in [0.29, 0.717) is 18.6 Å². The van der Waals surface area contributed by atoms with Crippen LogP contribution in [0.5, 0.6) is 0 Å². The highest BCUT2D eigenvalue weighted by Gasteiger charge is 2.37. The van der Waals surface area contributed by atoms with E-state index >= 15 is 0 Å². The number of alkyl halides is 6. The number of ether oxygens (including phenoxy) is 1. The fourth-order valence-corrected chi connectivity index (χ4v) is 3.43. The Bertz CT molecular complexity index is 780. The Hall–Kier alpha value is -1.54. The Morgan fingerprint density at radius 2 is 1.54 bits per heavy atom. The third kappa shape index (κ3) is 4.23. The highest BCUT2D eigenvalue weighted by Crippen LogP contribution is 2.38. The molecular weight excluding hydrogens is 426 g/mol. The van der Waals surface area contributed by atoms with E-state index in [4.69, 9.17) is 4.74 Å². The van der Waals surface area contributed by atoms with Crippen molar-refractivity contribution in [1.82, 2.24) is 0 Å². The van der Waals surface area contributed by atoms with Crippen LogP contribution in [0.4, 0.5) is 26.3 Å². The van der Waals surface area contributed by atoms with Crippen LogP contribution < -0.4 is 0 Å². The lowest BCUT2D eigenvalue weighted by molar-refractivity contribution is -0.143. The fourth-order valence-electron chi connectivity index (χ4n) is 3.02. The van der Waals surface area contributed by atoms with Crippen LogP contribution in [-0.4, -0.2) is 0 Å². The quantitative estimate of drug-likeness (QED) is 0.485. The summed E-state index contributed by atoms with van der Waals surface area (Å²) in [5, 5.41) is 0. The number of fused-ring (bicyclic) bond motifs is 1. The largest absolute Gasteiger partial charge is 0.416 e. The van der Waals surface area contributed by atoms with Gasteiger partial charge in [0.1, 0.15) is 0 Å². The zero-order valence-electron chi connectivity index (χ0n) is 13.2. The standard InChI is InChI=1S/C18H13BrF6O/c19-14-2-3-15-11(7-14)1-4-16(15)26-9-10-5-12(17(20,21)22)8-13(6-10)18(23,24)25/h2-3,5-8,16H,1,4,9H2. The monoisotopic (exact) mass is 438 g/mol. The third-order valence-corrected chi connectivity index (χ3v) is 4.72. The van der Waals surface area contributed by atoms with E-state index in [1.165, 1.54) is 0 Å². The second kappa shape index (κ2) is 6.88. The first kappa shape index (κ1) is 19.2. The molecule has 1 aliphatic carbocycles. The smallest absolute Gasteiger partial charge is 0.369 e. The van der Waals surface area contributed by atoms with Gasteiger partial charge in [0.15, 0.2) is 0 Å². The molecule has 2 aromatic carbocycles. The molecule has 0 aromatic heterocycles. The molecule has 0 N–H and O–H groups in total. The summed E-state index contributed by atoms with van der Waals surface area (Å²) < 4.78 is 83.9. The molecule has 0 saturated carbocycles. The van der Waals surface area contributed by atoms with E-state index in [2.05, 4.69) is 15.9 Å². The molecular formula is C18H13BrF6O. The number of rotatable bonds is 3. The van der Waals surface area contributed by atoms with Gasteiger partial charge in [0.25, 0.3) is 0 Å². The van der Waals surface area contributed by atoms with Gasteiger partial charge in [0.05, 0.1) is 23.8 Å². The zero-order valence-corrected chi connectivity index (χ0v) is 14.8. The normalized spacial score (nSPS) is 17.4. The van der Waals surface area contributed by atoms with Gasteiger partial charge >= 0.3 is 12.4 Å². The SMILES string of the molecule is FC(F)(F)c1cc(COC2CCc3cc(Br)ccc32)cc(C(F)(F)F)c1. The molecule has 1 unspecified atom stereocenters. The minimum Gasteiger partial charge on any atom is -0.369 e. The zero-order chi connectivity index (χ0) is 19.1. The van der Waals surface area contributed by atoms with Crippen molar-refractivity contribution in [1.29, 1.82) is 0 Å². The molecule has 1 nitrogen and oxygen atoms in total. The van der Waals surface area contributed by atoms with Gasteiger partial charge in [0, 0.05) is 4.47 Å². The van der Waals surface area contributed by atoms with E-state index in [0.717, 1.165) is 22.0 Å². The Balaban J connectivity index is 1.82. The maximum absolute atomic E-state index is 12.9. The van der Waals surface area contributed by atoms with Gasteiger partial charge in [-0.05, 0) is 59.9 Å². The van der Waals surface area contributed by atoms with Gasteiger partial charge in [-0.3, -0.25) is 0 Å². The topological polar surface area (TPSA) is 9.23 Å².